The molecule has 1 aliphatic rings. The first-order valence-corrected chi connectivity index (χ1v) is 7.48. The minimum Gasteiger partial charge on any atom is -0.380 e. The molecule has 0 radical (unpaired) electrons. The zero-order valence-corrected chi connectivity index (χ0v) is 12.8. The molecule has 20 heavy (non-hydrogen) atoms. The summed E-state index contributed by atoms with van der Waals surface area (Å²) in [5, 5.41) is 0. The van der Waals surface area contributed by atoms with E-state index in [2.05, 4.69) is 6.92 Å². The zero-order valence-electron chi connectivity index (χ0n) is 12.8. The van der Waals surface area contributed by atoms with E-state index in [1.807, 2.05) is 36.2 Å². The van der Waals surface area contributed by atoms with E-state index < -0.39 is 0 Å². The molecule has 0 N–H and O–H groups in total. The number of amides is 1. The van der Waals surface area contributed by atoms with Crippen LogP contribution < -0.4 is 0 Å². The Bertz CT molecular complexity index is 458. The average Bonchev–Trinajstić information content (AvgIpc) is 2.47. The highest BCUT2D eigenvalue weighted by atomic mass is 16.5. The van der Waals surface area contributed by atoms with Gasteiger partial charge in [0.25, 0.3) is 5.91 Å². The molecule has 1 amide bonds. The van der Waals surface area contributed by atoms with Gasteiger partial charge in [0.1, 0.15) is 0 Å². The number of hydrogen-bond donors (Lipinski definition) is 0. The molecule has 0 aromatic heterocycles. The Balaban J connectivity index is 2.11. The van der Waals surface area contributed by atoms with Crippen LogP contribution in [0.3, 0.4) is 0 Å². The van der Waals surface area contributed by atoms with E-state index in [1.165, 1.54) is 19.3 Å². The van der Waals surface area contributed by atoms with Gasteiger partial charge >= 0.3 is 0 Å². The molecule has 2 rings (SSSR count). The highest BCUT2D eigenvalue weighted by molar-refractivity contribution is 5.94. The van der Waals surface area contributed by atoms with E-state index in [4.69, 9.17) is 4.74 Å². The first kappa shape index (κ1) is 15.0. The first-order valence-electron chi connectivity index (χ1n) is 7.48. The van der Waals surface area contributed by atoms with Crippen LogP contribution in [0.25, 0.3) is 0 Å². The molecule has 0 saturated heterocycles. The van der Waals surface area contributed by atoms with Crippen molar-refractivity contribution in [3.05, 3.63) is 35.4 Å². The van der Waals surface area contributed by atoms with Crippen molar-refractivity contribution in [1.82, 2.24) is 4.90 Å². The Labute approximate surface area is 121 Å². The number of methoxy groups -OCH3 is 1. The van der Waals surface area contributed by atoms with Gasteiger partial charge < -0.3 is 9.64 Å². The van der Waals surface area contributed by atoms with Crippen molar-refractivity contribution in [2.24, 2.45) is 5.92 Å². The molecule has 0 aliphatic heterocycles. The van der Waals surface area contributed by atoms with Crippen molar-refractivity contribution in [1.29, 1.82) is 0 Å². The van der Waals surface area contributed by atoms with Crippen LogP contribution in [0.15, 0.2) is 24.3 Å². The third-order valence-electron chi connectivity index (χ3n) is 4.37. The summed E-state index contributed by atoms with van der Waals surface area (Å²) in [6, 6.07) is 8.13. The zero-order chi connectivity index (χ0) is 14.5. The molecule has 1 aromatic carbocycles. The van der Waals surface area contributed by atoms with Crippen LogP contribution in [0.4, 0.5) is 0 Å². The van der Waals surface area contributed by atoms with Gasteiger partial charge in [-0.3, -0.25) is 4.79 Å². The molecule has 3 nitrogen and oxygen atoms in total. The van der Waals surface area contributed by atoms with Gasteiger partial charge in [-0.15, -0.1) is 0 Å². The molecule has 3 heteroatoms. The standard InChI is InChI=1S/C17H25NO2/c1-13-7-4-5-10-16(13)18(2)17(19)15-9-6-8-14(11-15)12-20-3/h6,8-9,11,13,16H,4-5,7,10,12H2,1-3H3. The number of carbonyl (C=O) groups is 1. The van der Waals surface area contributed by atoms with E-state index >= 15 is 0 Å². The maximum atomic E-state index is 12.6. The van der Waals surface area contributed by atoms with Gasteiger partial charge in [-0.25, -0.2) is 0 Å². The summed E-state index contributed by atoms with van der Waals surface area (Å²) >= 11 is 0. The Hall–Kier alpha value is -1.35. The van der Waals surface area contributed by atoms with Crippen LogP contribution in [0, 0.1) is 5.92 Å². The summed E-state index contributed by atoms with van der Waals surface area (Å²) in [7, 11) is 3.61. The highest BCUT2D eigenvalue weighted by Crippen LogP contribution is 2.28. The van der Waals surface area contributed by atoms with E-state index in [9.17, 15) is 4.79 Å². The minimum atomic E-state index is 0.127. The summed E-state index contributed by atoms with van der Waals surface area (Å²) < 4.78 is 5.13. The van der Waals surface area contributed by atoms with E-state index in [1.54, 1.807) is 7.11 Å². The quantitative estimate of drug-likeness (QED) is 0.842. The van der Waals surface area contributed by atoms with Crippen LogP contribution in [0.2, 0.25) is 0 Å². The second kappa shape index (κ2) is 6.89. The smallest absolute Gasteiger partial charge is 0.253 e. The average molecular weight is 275 g/mol. The lowest BCUT2D eigenvalue weighted by Gasteiger charge is -2.36. The van der Waals surface area contributed by atoms with Crippen LogP contribution in [-0.2, 0) is 11.3 Å². The van der Waals surface area contributed by atoms with Crippen molar-refractivity contribution in [2.75, 3.05) is 14.2 Å². The maximum Gasteiger partial charge on any atom is 0.253 e. The molecule has 0 bridgehead atoms. The number of rotatable bonds is 4. The lowest BCUT2D eigenvalue weighted by Crippen LogP contribution is -2.42. The number of nitrogens with zero attached hydrogens (tertiary/aromatic N) is 1. The minimum absolute atomic E-state index is 0.127. The Morgan fingerprint density at radius 3 is 2.80 bits per heavy atom. The van der Waals surface area contributed by atoms with Crippen LogP contribution in [-0.4, -0.2) is 31.0 Å². The van der Waals surface area contributed by atoms with Gasteiger partial charge in [0, 0.05) is 25.8 Å². The monoisotopic (exact) mass is 275 g/mol. The molecule has 0 spiro atoms. The van der Waals surface area contributed by atoms with Crippen LogP contribution >= 0.6 is 0 Å². The summed E-state index contributed by atoms with van der Waals surface area (Å²) in [5.41, 5.74) is 1.81. The first-order chi connectivity index (χ1) is 9.63. The van der Waals surface area contributed by atoms with Gasteiger partial charge in [-0.2, -0.15) is 0 Å². The van der Waals surface area contributed by atoms with Gasteiger partial charge in [0.15, 0.2) is 0 Å². The largest absolute Gasteiger partial charge is 0.380 e. The van der Waals surface area contributed by atoms with E-state index in [0.29, 0.717) is 18.6 Å². The van der Waals surface area contributed by atoms with Crippen molar-refractivity contribution >= 4 is 5.91 Å². The van der Waals surface area contributed by atoms with Gasteiger partial charge in [-0.05, 0) is 36.5 Å². The number of carbonyl (C=O) groups excluding carboxylic acids is 1. The lowest BCUT2D eigenvalue weighted by molar-refractivity contribution is 0.0628. The van der Waals surface area contributed by atoms with Gasteiger partial charge in [0.05, 0.1) is 6.61 Å². The second-order valence-corrected chi connectivity index (χ2v) is 5.88. The molecule has 2 unspecified atom stereocenters. The molecule has 2 atom stereocenters. The normalized spacial score (nSPS) is 22.6. The molecular formula is C17H25NO2. The summed E-state index contributed by atoms with van der Waals surface area (Å²) in [6.45, 7) is 2.81. The summed E-state index contributed by atoms with van der Waals surface area (Å²) in [4.78, 5) is 14.6. The van der Waals surface area contributed by atoms with E-state index in [0.717, 1.165) is 17.5 Å². The predicted molar refractivity (Wildman–Crippen MR) is 80.7 cm³/mol. The fourth-order valence-electron chi connectivity index (χ4n) is 3.19. The van der Waals surface area contributed by atoms with Crippen LogP contribution in [0.1, 0.15) is 48.5 Å². The SMILES string of the molecule is COCc1cccc(C(=O)N(C)C2CCCCC2C)c1. The number of hydrogen-bond acceptors (Lipinski definition) is 2. The maximum absolute atomic E-state index is 12.6. The third kappa shape index (κ3) is 3.40. The fourth-order valence-corrected chi connectivity index (χ4v) is 3.19. The molecular weight excluding hydrogens is 250 g/mol. The predicted octanol–water partition coefficient (Wildman–Crippen LogP) is 3.48. The van der Waals surface area contributed by atoms with Crippen molar-refractivity contribution in [3.8, 4) is 0 Å². The van der Waals surface area contributed by atoms with Gasteiger partial charge in [0.2, 0.25) is 0 Å². The van der Waals surface area contributed by atoms with Gasteiger partial charge in [-0.1, -0.05) is 31.9 Å². The lowest BCUT2D eigenvalue weighted by atomic mass is 9.85. The Morgan fingerprint density at radius 1 is 1.35 bits per heavy atom. The highest BCUT2D eigenvalue weighted by Gasteiger charge is 2.28. The fraction of sp³-hybridized carbons (Fsp3) is 0.588. The Kier molecular flexibility index (Phi) is 5.18. The summed E-state index contributed by atoms with van der Waals surface area (Å²) in [6.07, 6.45) is 4.88. The van der Waals surface area contributed by atoms with Crippen molar-refractivity contribution in [2.45, 2.75) is 45.3 Å². The molecule has 1 aliphatic carbocycles. The molecule has 1 aromatic rings. The molecule has 0 heterocycles. The topological polar surface area (TPSA) is 29.5 Å². The third-order valence-corrected chi connectivity index (χ3v) is 4.37. The molecule has 1 fully saturated rings. The molecule has 1 saturated carbocycles. The number of benzene rings is 1. The molecule has 110 valence electrons. The van der Waals surface area contributed by atoms with Crippen molar-refractivity contribution < 1.29 is 9.53 Å². The number of ether oxygens (including phenoxy) is 1. The van der Waals surface area contributed by atoms with Crippen molar-refractivity contribution in [3.63, 3.8) is 0 Å². The van der Waals surface area contributed by atoms with Crippen LogP contribution in [0.5, 0.6) is 0 Å². The summed E-state index contributed by atoms with van der Waals surface area (Å²) in [5.74, 6) is 0.724. The van der Waals surface area contributed by atoms with E-state index in [-0.39, 0.29) is 5.91 Å². The Morgan fingerprint density at radius 2 is 2.10 bits per heavy atom. The second-order valence-electron chi connectivity index (χ2n) is 5.88.